The molecule has 0 fully saturated rings. The van der Waals surface area contributed by atoms with Gasteiger partial charge in [-0.1, -0.05) is 23.9 Å². The first-order valence-electron chi connectivity index (χ1n) is 5.69. The number of thioether (sulfide) groups is 1. The molecule has 0 bridgehead atoms. The Morgan fingerprint density at radius 3 is 2.63 bits per heavy atom. The molecule has 0 aliphatic carbocycles. The number of esters is 1. The maximum atomic E-state index is 11.5. The van der Waals surface area contributed by atoms with Crippen LogP contribution in [0.25, 0.3) is 0 Å². The fourth-order valence-corrected chi connectivity index (χ4v) is 2.41. The molecule has 0 atom stereocenters. The average molecular weight is 275 g/mol. The van der Waals surface area contributed by atoms with Gasteiger partial charge >= 0.3 is 5.97 Å². The Bertz CT molecular complexity index is 569. The van der Waals surface area contributed by atoms with Gasteiger partial charge in [-0.05, 0) is 23.8 Å². The van der Waals surface area contributed by atoms with Crippen LogP contribution in [0, 0.1) is 5.21 Å². The van der Waals surface area contributed by atoms with Crippen LogP contribution in [0.15, 0.2) is 53.7 Å². The van der Waals surface area contributed by atoms with Gasteiger partial charge in [0.2, 0.25) is 0 Å². The van der Waals surface area contributed by atoms with E-state index < -0.39 is 0 Å². The van der Waals surface area contributed by atoms with Crippen molar-refractivity contribution >= 4 is 17.7 Å². The summed E-state index contributed by atoms with van der Waals surface area (Å²) in [7, 11) is 1.36. The lowest BCUT2D eigenvalue weighted by Crippen LogP contribution is -2.27. The van der Waals surface area contributed by atoms with Crippen molar-refractivity contribution in [1.82, 2.24) is 0 Å². The summed E-state index contributed by atoms with van der Waals surface area (Å²) in [6.45, 7) is 0. The predicted molar refractivity (Wildman–Crippen MR) is 72.7 cm³/mol. The third-order valence-electron chi connectivity index (χ3n) is 2.55. The number of hydrogen-bond acceptors (Lipinski definition) is 4. The maximum absolute atomic E-state index is 11.5. The van der Waals surface area contributed by atoms with Gasteiger partial charge in [0.05, 0.1) is 12.7 Å². The number of nitrogens with zero attached hydrogens (tertiary/aromatic N) is 1. The summed E-state index contributed by atoms with van der Waals surface area (Å²) < 4.78 is 5.47. The lowest BCUT2D eigenvalue weighted by Gasteiger charge is -2.04. The van der Waals surface area contributed by atoms with E-state index in [1.165, 1.54) is 25.1 Å². The second-order valence-electron chi connectivity index (χ2n) is 3.84. The Hall–Kier alpha value is -2.01. The summed E-state index contributed by atoms with van der Waals surface area (Å²) in [5.74, 6) is 0.327. The van der Waals surface area contributed by atoms with E-state index in [2.05, 4.69) is 4.74 Å². The van der Waals surface area contributed by atoms with Crippen LogP contribution in [0.1, 0.15) is 15.9 Å². The third-order valence-corrected chi connectivity index (χ3v) is 3.64. The standard InChI is InChI=1S/C14H13NO3S/c1-18-14(16)12-7-5-11(6-8-12)10-19-13-4-2-3-9-15(13)17/h2-9H,10H2,1H3. The van der Waals surface area contributed by atoms with Crippen LogP contribution in [0.3, 0.4) is 0 Å². The SMILES string of the molecule is COC(=O)c1ccc(CSc2cccc[n+]2[O-])cc1. The zero-order valence-electron chi connectivity index (χ0n) is 10.4. The molecule has 0 spiro atoms. The molecule has 0 aliphatic rings. The van der Waals surface area contributed by atoms with Gasteiger partial charge in [0, 0.05) is 17.9 Å². The van der Waals surface area contributed by atoms with Crippen LogP contribution in [0.2, 0.25) is 0 Å². The summed E-state index contributed by atoms with van der Waals surface area (Å²) in [6.07, 6.45) is 1.47. The highest BCUT2D eigenvalue weighted by Crippen LogP contribution is 2.19. The Kier molecular flexibility index (Phi) is 4.41. The second-order valence-corrected chi connectivity index (χ2v) is 4.84. The normalized spacial score (nSPS) is 10.2. The molecule has 0 unspecified atom stereocenters. The summed E-state index contributed by atoms with van der Waals surface area (Å²) in [6, 6.07) is 12.5. The van der Waals surface area contributed by atoms with E-state index in [9.17, 15) is 10.0 Å². The highest BCUT2D eigenvalue weighted by molar-refractivity contribution is 7.98. The van der Waals surface area contributed by atoms with Crippen LogP contribution in [0.4, 0.5) is 0 Å². The van der Waals surface area contributed by atoms with Crippen molar-refractivity contribution in [2.75, 3.05) is 7.11 Å². The van der Waals surface area contributed by atoms with Crippen molar-refractivity contribution in [3.8, 4) is 0 Å². The predicted octanol–water partition coefficient (Wildman–Crippen LogP) is 2.40. The van der Waals surface area contributed by atoms with Gasteiger partial charge in [-0.3, -0.25) is 0 Å². The van der Waals surface area contributed by atoms with Crippen LogP contribution in [0.5, 0.6) is 0 Å². The summed E-state index contributed by atoms with van der Waals surface area (Å²) in [5.41, 5.74) is 1.57. The Morgan fingerprint density at radius 2 is 2.00 bits per heavy atom. The molecule has 0 saturated heterocycles. The van der Waals surface area contributed by atoms with Gasteiger partial charge in [0.1, 0.15) is 0 Å². The number of benzene rings is 1. The second kappa shape index (κ2) is 6.24. The van der Waals surface area contributed by atoms with Crippen molar-refractivity contribution in [2.45, 2.75) is 10.8 Å². The van der Waals surface area contributed by atoms with Gasteiger partial charge in [-0.15, -0.1) is 0 Å². The van der Waals surface area contributed by atoms with E-state index in [0.29, 0.717) is 16.3 Å². The number of ether oxygens (including phenoxy) is 1. The fraction of sp³-hybridized carbons (Fsp3) is 0.143. The average Bonchev–Trinajstić information content (AvgIpc) is 2.46. The number of carbonyl (C=O) groups is 1. The number of hydrogen-bond donors (Lipinski definition) is 0. The Balaban J connectivity index is 2.01. The van der Waals surface area contributed by atoms with Gasteiger partial charge in [0.15, 0.2) is 6.20 Å². The van der Waals surface area contributed by atoms with Crippen molar-refractivity contribution in [2.24, 2.45) is 0 Å². The minimum absolute atomic E-state index is 0.348. The molecule has 1 aromatic carbocycles. The molecule has 2 rings (SSSR count). The molecule has 1 aromatic heterocycles. The van der Waals surface area contributed by atoms with Gasteiger partial charge < -0.3 is 9.94 Å². The molecule has 19 heavy (non-hydrogen) atoms. The van der Waals surface area contributed by atoms with Crippen molar-refractivity contribution in [1.29, 1.82) is 0 Å². The Labute approximate surface area is 115 Å². The van der Waals surface area contributed by atoms with Crippen molar-refractivity contribution in [3.63, 3.8) is 0 Å². The molecule has 4 nitrogen and oxygen atoms in total. The lowest BCUT2D eigenvalue weighted by atomic mass is 10.1. The number of aromatic nitrogens is 1. The lowest BCUT2D eigenvalue weighted by molar-refractivity contribution is -0.645. The van der Waals surface area contributed by atoms with Crippen LogP contribution < -0.4 is 4.73 Å². The third kappa shape index (κ3) is 3.48. The van der Waals surface area contributed by atoms with E-state index in [4.69, 9.17) is 0 Å². The molecular weight excluding hydrogens is 262 g/mol. The summed E-state index contributed by atoms with van der Waals surface area (Å²) >= 11 is 1.45. The molecule has 5 heteroatoms. The first-order valence-corrected chi connectivity index (χ1v) is 6.67. The molecule has 0 radical (unpaired) electrons. The molecule has 0 saturated carbocycles. The van der Waals surface area contributed by atoms with E-state index in [-0.39, 0.29) is 5.97 Å². The zero-order valence-corrected chi connectivity index (χ0v) is 11.2. The number of pyridine rings is 1. The van der Waals surface area contributed by atoms with Gasteiger partial charge in [0.25, 0.3) is 5.03 Å². The first-order chi connectivity index (χ1) is 9.20. The number of carbonyl (C=O) groups excluding carboxylic acids is 1. The molecule has 0 aliphatic heterocycles. The number of methoxy groups -OCH3 is 1. The molecule has 0 amide bonds. The molecule has 1 heterocycles. The Morgan fingerprint density at radius 1 is 1.26 bits per heavy atom. The van der Waals surface area contributed by atoms with Crippen molar-refractivity contribution in [3.05, 3.63) is 65.0 Å². The van der Waals surface area contributed by atoms with Crippen LogP contribution >= 0.6 is 11.8 Å². The van der Waals surface area contributed by atoms with E-state index in [1.54, 1.807) is 24.3 Å². The molecule has 98 valence electrons. The first kappa shape index (κ1) is 13.4. The maximum Gasteiger partial charge on any atom is 0.337 e. The largest absolute Gasteiger partial charge is 0.618 e. The van der Waals surface area contributed by atoms with Crippen LogP contribution in [-0.4, -0.2) is 13.1 Å². The molecule has 0 N–H and O–H groups in total. The highest BCUT2D eigenvalue weighted by atomic mass is 32.2. The van der Waals surface area contributed by atoms with E-state index >= 15 is 0 Å². The van der Waals surface area contributed by atoms with Gasteiger partial charge in [-0.25, -0.2) is 4.79 Å². The number of rotatable bonds is 4. The minimum atomic E-state index is -0.348. The topological polar surface area (TPSA) is 53.2 Å². The fourth-order valence-electron chi connectivity index (χ4n) is 1.54. The molecular formula is C14H13NO3S. The highest BCUT2D eigenvalue weighted by Gasteiger charge is 2.07. The minimum Gasteiger partial charge on any atom is -0.618 e. The van der Waals surface area contributed by atoms with Crippen LogP contribution in [-0.2, 0) is 10.5 Å². The van der Waals surface area contributed by atoms with Crippen molar-refractivity contribution < 1.29 is 14.3 Å². The quantitative estimate of drug-likeness (QED) is 0.372. The van der Waals surface area contributed by atoms with Gasteiger partial charge in [-0.2, -0.15) is 4.73 Å². The monoisotopic (exact) mass is 275 g/mol. The van der Waals surface area contributed by atoms with E-state index in [1.807, 2.05) is 18.2 Å². The molecule has 2 aromatic rings. The summed E-state index contributed by atoms with van der Waals surface area (Å²) in [4.78, 5) is 11.3. The van der Waals surface area contributed by atoms with E-state index in [0.717, 1.165) is 10.3 Å². The zero-order chi connectivity index (χ0) is 13.7. The smallest absolute Gasteiger partial charge is 0.337 e. The summed E-state index contributed by atoms with van der Waals surface area (Å²) in [5, 5.41) is 12.1.